The van der Waals surface area contributed by atoms with Gasteiger partial charge in [0.2, 0.25) is 0 Å². The minimum Gasteiger partial charge on any atom is -0.302 e. The normalized spacial score (nSPS) is 13.8. The molecule has 0 saturated heterocycles. The van der Waals surface area contributed by atoms with Crippen LogP contribution in [0.2, 0.25) is 0 Å². The van der Waals surface area contributed by atoms with Gasteiger partial charge in [-0.05, 0) is 42.2 Å². The Morgan fingerprint density at radius 3 is 2.38 bits per heavy atom. The number of hydrogen-bond donors (Lipinski definition) is 0. The van der Waals surface area contributed by atoms with Crippen molar-refractivity contribution >= 4 is 26.5 Å². The maximum atomic E-state index is 13.0. The monoisotopic (exact) mass is 485 g/mol. The number of Topliss-reactive ketones (excluding diaryl/α,β-unsaturated/α-hetero) is 1. The van der Waals surface area contributed by atoms with Gasteiger partial charge in [0.15, 0.2) is 15.6 Å². The molecule has 0 unspecified atom stereocenters. The zero-order chi connectivity index (χ0) is 25.1. The molecule has 34 heavy (non-hydrogen) atoms. The molecule has 0 spiro atoms. The fraction of sp³-hybridized carbons (Fsp3) is 0.400. The van der Waals surface area contributed by atoms with E-state index in [1.807, 2.05) is 43.4 Å². The van der Waals surface area contributed by atoms with Gasteiger partial charge >= 0.3 is 0 Å². The van der Waals surface area contributed by atoms with Crippen LogP contribution in [0.1, 0.15) is 32.3 Å². The van der Waals surface area contributed by atoms with Crippen molar-refractivity contribution in [3.05, 3.63) is 64.7 Å². The predicted octanol–water partition coefficient (Wildman–Crippen LogP) is 3.23. The van der Waals surface area contributed by atoms with Crippen LogP contribution < -0.4 is 5.56 Å². The second kappa shape index (κ2) is 10.2. The maximum absolute atomic E-state index is 13.0. The van der Waals surface area contributed by atoms with Gasteiger partial charge in [0, 0.05) is 32.8 Å². The Hall–Kier alpha value is -2.88. The lowest BCUT2D eigenvalue weighted by Crippen LogP contribution is -2.44. The first-order chi connectivity index (χ1) is 16.0. The van der Waals surface area contributed by atoms with E-state index in [0.717, 1.165) is 22.9 Å². The van der Waals surface area contributed by atoms with Crippen molar-refractivity contribution in [2.24, 2.45) is 0 Å². The summed E-state index contributed by atoms with van der Waals surface area (Å²) in [5.41, 5.74) is 3.32. The molecular formula is C25H31N3O5S. The van der Waals surface area contributed by atoms with Crippen LogP contribution in [0, 0.1) is 0 Å². The average Bonchev–Trinajstić information content (AvgIpc) is 2.82. The largest absolute Gasteiger partial charge is 0.302 e. The third kappa shape index (κ3) is 5.27. The molecule has 3 rings (SSSR count). The first kappa shape index (κ1) is 25.7. The standard InChI is InChI=1S/C25H31N3O5S/c1-6-23(29)25(2,34(5,31)32)13-14-28-17-26-22-15-20(11-12-21(22)24(28)30)19-9-7-18(8-10-19)16-27(3)33-4/h7-12,15,17H,6,13-14,16H2,1-5H3/t25-/m1/s1. The number of carbonyl (C=O) groups is 1. The zero-order valence-electron chi connectivity index (χ0n) is 20.2. The number of rotatable bonds is 10. The number of sulfone groups is 1. The Morgan fingerprint density at radius 1 is 1.15 bits per heavy atom. The number of nitrogens with zero attached hydrogens (tertiary/aromatic N) is 3. The summed E-state index contributed by atoms with van der Waals surface area (Å²) in [4.78, 5) is 35.0. The summed E-state index contributed by atoms with van der Waals surface area (Å²) in [6.45, 7) is 3.81. The molecule has 182 valence electrons. The van der Waals surface area contributed by atoms with Gasteiger partial charge in [0.1, 0.15) is 4.75 Å². The molecule has 3 aromatic rings. The van der Waals surface area contributed by atoms with Crippen molar-refractivity contribution in [1.82, 2.24) is 14.6 Å². The third-order valence-electron chi connectivity index (χ3n) is 6.39. The van der Waals surface area contributed by atoms with Crippen molar-refractivity contribution in [2.45, 2.75) is 44.5 Å². The predicted molar refractivity (Wildman–Crippen MR) is 133 cm³/mol. The summed E-state index contributed by atoms with van der Waals surface area (Å²) < 4.78 is 24.4. The van der Waals surface area contributed by atoms with Gasteiger partial charge in [-0.3, -0.25) is 14.2 Å². The molecule has 1 atom stereocenters. The zero-order valence-corrected chi connectivity index (χ0v) is 21.1. The highest BCUT2D eigenvalue weighted by molar-refractivity contribution is 7.92. The van der Waals surface area contributed by atoms with E-state index in [4.69, 9.17) is 4.84 Å². The van der Waals surface area contributed by atoms with Crippen LogP contribution in [0.4, 0.5) is 0 Å². The van der Waals surface area contributed by atoms with Gasteiger partial charge in [-0.15, -0.1) is 0 Å². The number of aryl methyl sites for hydroxylation is 1. The Bertz CT molecular complexity index is 1350. The lowest BCUT2D eigenvalue weighted by atomic mass is 9.99. The molecule has 0 aliphatic rings. The molecule has 0 aliphatic heterocycles. The third-order valence-corrected chi connectivity index (χ3v) is 8.46. The van der Waals surface area contributed by atoms with Gasteiger partial charge < -0.3 is 4.84 Å². The fourth-order valence-corrected chi connectivity index (χ4v) is 4.88. The van der Waals surface area contributed by atoms with Crippen LogP contribution in [-0.4, -0.2) is 54.0 Å². The molecule has 1 heterocycles. The molecule has 0 amide bonds. The molecule has 1 aromatic heterocycles. The SMILES string of the molecule is CCC(=O)[C@@](C)(CCn1cnc2cc(-c3ccc(CN(C)OC)cc3)ccc2c1=O)S(C)(=O)=O. The number of benzene rings is 2. The fourth-order valence-electron chi connectivity index (χ4n) is 3.86. The lowest BCUT2D eigenvalue weighted by molar-refractivity contribution is -0.121. The highest BCUT2D eigenvalue weighted by Gasteiger charge is 2.41. The first-order valence-corrected chi connectivity index (χ1v) is 13.0. The van der Waals surface area contributed by atoms with Crippen molar-refractivity contribution < 1.29 is 18.0 Å². The van der Waals surface area contributed by atoms with Crippen molar-refractivity contribution in [3.8, 4) is 11.1 Å². The molecule has 0 saturated carbocycles. The minimum atomic E-state index is -3.64. The van der Waals surface area contributed by atoms with Crippen LogP contribution >= 0.6 is 0 Å². The molecule has 0 radical (unpaired) electrons. The van der Waals surface area contributed by atoms with Gasteiger partial charge in [-0.25, -0.2) is 13.4 Å². The molecule has 0 fully saturated rings. The van der Waals surface area contributed by atoms with E-state index in [1.54, 1.807) is 25.2 Å². The summed E-state index contributed by atoms with van der Waals surface area (Å²) in [7, 11) is -0.159. The van der Waals surface area contributed by atoms with Gasteiger partial charge in [0.05, 0.1) is 24.3 Å². The summed E-state index contributed by atoms with van der Waals surface area (Å²) in [5.74, 6) is -0.360. The van der Waals surface area contributed by atoms with Gasteiger partial charge in [0.25, 0.3) is 5.56 Å². The smallest absolute Gasteiger partial charge is 0.261 e. The molecule has 0 aliphatic carbocycles. The van der Waals surface area contributed by atoms with E-state index in [0.29, 0.717) is 17.4 Å². The quantitative estimate of drug-likeness (QED) is 0.407. The summed E-state index contributed by atoms with van der Waals surface area (Å²) in [6.07, 6.45) is 2.60. The van der Waals surface area contributed by atoms with Gasteiger partial charge in [-0.1, -0.05) is 37.3 Å². The molecule has 2 aromatic carbocycles. The maximum Gasteiger partial charge on any atom is 0.261 e. The van der Waals surface area contributed by atoms with Crippen LogP contribution in [-0.2, 0) is 32.6 Å². The number of carbonyl (C=O) groups excluding carboxylic acids is 1. The second-order valence-corrected chi connectivity index (χ2v) is 11.1. The van der Waals surface area contributed by atoms with Crippen molar-refractivity contribution in [3.63, 3.8) is 0 Å². The molecule has 0 bridgehead atoms. The van der Waals surface area contributed by atoms with E-state index in [2.05, 4.69) is 4.98 Å². The number of ketones is 1. The number of hydrogen-bond acceptors (Lipinski definition) is 7. The van der Waals surface area contributed by atoms with Crippen molar-refractivity contribution in [1.29, 1.82) is 0 Å². The molecule has 0 N–H and O–H groups in total. The van der Waals surface area contributed by atoms with Crippen LogP contribution in [0.15, 0.2) is 53.6 Å². The summed E-state index contributed by atoms with van der Waals surface area (Å²) in [6, 6.07) is 13.5. The number of hydroxylamine groups is 2. The minimum absolute atomic E-state index is 0.00823. The Morgan fingerprint density at radius 2 is 1.79 bits per heavy atom. The van der Waals surface area contributed by atoms with E-state index < -0.39 is 14.6 Å². The van der Waals surface area contributed by atoms with Crippen LogP contribution in [0.25, 0.3) is 22.0 Å². The lowest BCUT2D eigenvalue weighted by Gasteiger charge is -2.26. The Balaban J connectivity index is 1.86. The Labute approximate surface area is 200 Å². The Kier molecular flexibility index (Phi) is 7.70. The highest BCUT2D eigenvalue weighted by atomic mass is 32.2. The second-order valence-electron chi connectivity index (χ2n) is 8.67. The van der Waals surface area contributed by atoms with E-state index in [9.17, 15) is 18.0 Å². The molecule has 9 heteroatoms. The average molecular weight is 486 g/mol. The summed E-state index contributed by atoms with van der Waals surface area (Å²) in [5, 5.41) is 2.17. The molecule has 8 nitrogen and oxygen atoms in total. The van der Waals surface area contributed by atoms with E-state index in [-0.39, 0.29) is 30.7 Å². The van der Waals surface area contributed by atoms with Crippen LogP contribution in [0.3, 0.4) is 0 Å². The number of fused-ring (bicyclic) bond motifs is 1. The number of aromatic nitrogens is 2. The summed E-state index contributed by atoms with van der Waals surface area (Å²) >= 11 is 0. The molecular weight excluding hydrogens is 454 g/mol. The van der Waals surface area contributed by atoms with E-state index >= 15 is 0 Å². The topological polar surface area (TPSA) is 98.6 Å². The van der Waals surface area contributed by atoms with E-state index in [1.165, 1.54) is 17.8 Å². The van der Waals surface area contributed by atoms with Crippen LogP contribution in [0.5, 0.6) is 0 Å². The van der Waals surface area contributed by atoms with Gasteiger partial charge in [-0.2, -0.15) is 5.06 Å². The highest BCUT2D eigenvalue weighted by Crippen LogP contribution is 2.25. The first-order valence-electron chi connectivity index (χ1n) is 11.1. The van der Waals surface area contributed by atoms with Crippen molar-refractivity contribution in [2.75, 3.05) is 20.4 Å².